The van der Waals surface area contributed by atoms with Crippen LogP contribution < -0.4 is 0 Å². The summed E-state index contributed by atoms with van der Waals surface area (Å²) in [5.74, 6) is 4.05. The van der Waals surface area contributed by atoms with Gasteiger partial charge in [0.2, 0.25) is 0 Å². The van der Waals surface area contributed by atoms with Crippen molar-refractivity contribution in [2.75, 3.05) is 0 Å². The fourth-order valence-corrected chi connectivity index (χ4v) is 4.47. The highest BCUT2D eigenvalue weighted by Crippen LogP contribution is 2.25. The van der Waals surface area contributed by atoms with Crippen LogP contribution in [-0.4, -0.2) is 10.1 Å². The Labute approximate surface area is 138 Å². The summed E-state index contributed by atoms with van der Waals surface area (Å²) in [4.78, 5) is 1.63. The largest absolute Gasteiger partial charge is 0.258 e. The lowest BCUT2D eigenvalue weighted by molar-refractivity contribution is 0.680. The quantitative estimate of drug-likeness (QED) is 0.628. The van der Waals surface area contributed by atoms with Crippen molar-refractivity contribution < 1.29 is 4.21 Å². The van der Waals surface area contributed by atoms with Gasteiger partial charge in [-0.05, 0) is 48.0 Å². The first-order valence-electron chi connectivity index (χ1n) is 7.72. The first kappa shape index (κ1) is 15.6. The zero-order valence-electron chi connectivity index (χ0n) is 13.0. The highest BCUT2D eigenvalue weighted by atomic mass is 32.2. The minimum Gasteiger partial charge on any atom is -0.258 e. The van der Waals surface area contributed by atoms with Gasteiger partial charge in [0, 0.05) is 19.3 Å². The molecule has 2 heteroatoms. The topological polar surface area (TPSA) is 17.1 Å². The molecule has 116 valence electrons. The van der Waals surface area contributed by atoms with Gasteiger partial charge < -0.3 is 0 Å². The van der Waals surface area contributed by atoms with E-state index >= 15 is 0 Å². The summed E-state index contributed by atoms with van der Waals surface area (Å²) in [5, 5.41) is 0. The summed E-state index contributed by atoms with van der Waals surface area (Å²) in [6.45, 7) is 0. The zero-order chi connectivity index (χ0) is 16.1. The van der Waals surface area contributed by atoms with Crippen molar-refractivity contribution in [1.82, 2.24) is 0 Å². The normalized spacial score (nSPS) is 13.4. The molecule has 0 fully saturated rings. The molecular formula is C21H20OS. The molecule has 0 amide bonds. The minimum absolute atomic E-state index is 0.784. The third-order valence-corrected chi connectivity index (χ3v) is 6.12. The fraction of sp³-hybridized carbons (Fsp3) is 0.0952. The van der Waals surface area contributed by atoms with Crippen LogP contribution in [0.4, 0.5) is 0 Å². The number of hydrogen-bond donors (Lipinski definition) is 0. The molecule has 0 N–H and O–H groups in total. The third-order valence-electron chi connectivity index (χ3n) is 3.98. The van der Waals surface area contributed by atoms with E-state index in [0.717, 1.165) is 28.2 Å². The molecule has 3 rings (SSSR count). The summed E-state index contributed by atoms with van der Waals surface area (Å²) >= 11 is 0. The standard InChI is InChI=1S/C21H20OS/c1-23(22,20-13-6-3-7-14-20)21-15-9-8-12-19(21)17-16-18-10-4-2-5-11-18/h2-15H,1,16-17H2. The zero-order valence-corrected chi connectivity index (χ0v) is 13.8. The average Bonchev–Trinajstić information content (AvgIpc) is 2.62. The lowest BCUT2D eigenvalue weighted by atomic mass is 10.0. The predicted octanol–water partition coefficient (Wildman–Crippen LogP) is 4.61. The molecule has 0 saturated carbocycles. The molecule has 1 unspecified atom stereocenters. The summed E-state index contributed by atoms with van der Waals surface area (Å²) in [6, 6.07) is 27.9. The van der Waals surface area contributed by atoms with Crippen molar-refractivity contribution in [3.05, 3.63) is 96.1 Å². The highest BCUT2D eigenvalue weighted by Gasteiger charge is 2.14. The Morgan fingerprint density at radius 3 is 1.96 bits per heavy atom. The van der Waals surface area contributed by atoms with E-state index in [0.29, 0.717) is 0 Å². The van der Waals surface area contributed by atoms with Crippen LogP contribution in [-0.2, 0) is 22.4 Å². The summed E-state index contributed by atoms with van der Waals surface area (Å²) in [5.41, 5.74) is 2.40. The molecule has 0 heterocycles. The van der Waals surface area contributed by atoms with Crippen LogP contribution in [0.25, 0.3) is 0 Å². The molecule has 0 aromatic heterocycles. The molecule has 0 bridgehead atoms. The molecule has 1 nitrogen and oxygen atoms in total. The molecular weight excluding hydrogens is 300 g/mol. The van der Waals surface area contributed by atoms with Crippen molar-refractivity contribution >= 4 is 15.4 Å². The molecule has 0 aliphatic rings. The Morgan fingerprint density at radius 1 is 0.696 bits per heavy atom. The van der Waals surface area contributed by atoms with Gasteiger partial charge in [-0.1, -0.05) is 66.7 Å². The lowest BCUT2D eigenvalue weighted by Crippen LogP contribution is -2.06. The summed E-state index contributed by atoms with van der Waals surface area (Å²) in [7, 11) is -2.47. The van der Waals surface area contributed by atoms with E-state index in [1.165, 1.54) is 5.56 Å². The Bertz CT molecular complexity index is 866. The number of benzene rings is 3. The first-order chi connectivity index (χ1) is 11.2. The van der Waals surface area contributed by atoms with Crippen LogP contribution in [0, 0.1) is 0 Å². The van der Waals surface area contributed by atoms with Gasteiger partial charge in [-0.3, -0.25) is 4.21 Å². The van der Waals surface area contributed by atoms with Crippen molar-refractivity contribution in [1.29, 1.82) is 0 Å². The Kier molecular flexibility index (Phi) is 4.63. The van der Waals surface area contributed by atoms with Gasteiger partial charge in [0.05, 0.1) is 0 Å². The second kappa shape index (κ2) is 6.84. The molecule has 1 atom stereocenters. The molecule has 0 radical (unpaired) electrons. The van der Waals surface area contributed by atoms with E-state index in [1.807, 2.05) is 54.6 Å². The maximum Gasteiger partial charge on any atom is 0.0382 e. The van der Waals surface area contributed by atoms with Gasteiger partial charge >= 0.3 is 0 Å². The van der Waals surface area contributed by atoms with Gasteiger partial charge in [-0.2, -0.15) is 0 Å². The van der Waals surface area contributed by atoms with Crippen LogP contribution >= 0.6 is 0 Å². The molecule has 0 saturated heterocycles. The average molecular weight is 320 g/mol. The van der Waals surface area contributed by atoms with Crippen molar-refractivity contribution in [3.8, 4) is 0 Å². The van der Waals surface area contributed by atoms with Crippen LogP contribution in [0.2, 0.25) is 0 Å². The molecule has 23 heavy (non-hydrogen) atoms. The van der Waals surface area contributed by atoms with Crippen LogP contribution in [0.3, 0.4) is 0 Å². The number of aryl methyl sites for hydroxylation is 2. The van der Waals surface area contributed by atoms with E-state index in [-0.39, 0.29) is 0 Å². The van der Waals surface area contributed by atoms with Crippen molar-refractivity contribution in [2.45, 2.75) is 22.6 Å². The van der Waals surface area contributed by atoms with Crippen LogP contribution in [0.15, 0.2) is 94.7 Å². The van der Waals surface area contributed by atoms with Crippen molar-refractivity contribution in [2.24, 2.45) is 0 Å². The van der Waals surface area contributed by atoms with E-state index in [2.05, 4.69) is 36.2 Å². The molecule has 0 aliphatic heterocycles. The monoisotopic (exact) mass is 320 g/mol. The highest BCUT2D eigenvalue weighted by molar-refractivity contribution is 8.00. The number of rotatable bonds is 5. The fourth-order valence-electron chi connectivity index (χ4n) is 2.72. The Hall–Kier alpha value is -2.32. The maximum atomic E-state index is 13.3. The third kappa shape index (κ3) is 3.54. The molecule has 0 spiro atoms. The van der Waals surface area contributed by atoms with Gasteiger partial charge in [-0.25, -0.2) is 0 Å². The first-order valence-corrected chi connectivity index (χ1v) is 9.45. The molecule has 3 aromatic carbocycles. The summed E-state index contributed by atoms with van der Waals surface area (Å²) < 4.78 is 13.3. The molecule has 0 aliphatic carbocycles. The van der Waals surface area contributed by atoms with Gasteiger partial charge in [0.15, 0.2) is 0 Å². The SMILES string of the molecule is C=S(=O)(c1ccccc1)c1ccccc1CCc1ccccc1. The van der Waals surface area contributed by atoms with Gasteiger partial charge in [0.25, 0.3) is 0 Å². The Balaban J connectivity index is 1.92. The van der Waals surface area contributed by atoms with Crippen LogP contribution in [0.1, 0.15) is 11.1 Å². The van der Waals surface area contributed by atoms with Gasteiger partial charge in [0.1, 0.15) is 0 Å². The number of hydrogen-bond acceptors (Lipinski definition) is 1. The Morgan fingerprint density at radius 2 is 1.26 bits per heavy atom. The van der Waals surface area contributed by atoms with E-state index < -0.39 is 9.52 Å². The second-order valence-electron chi connectivity index (χ2n) is 5.58. The van der Waals surface area contributed by atoms with Gasteiger partial charge in [-0.15, -0.1) is 0 Å². The van der Waals surface area contributed by atoms with E-state index in [9.17, 15) is 4.21 Å². The van der Waals surface area contributed by atoms with E-state index in [1.54, 1.807) is 0 Å². The summed E-state index contributed by atoms with van der Waals surface area (Å²) in [6.07, 6.45) is 1.79. The molecule has 3 aromatic rings. The smallest absolute Gasteiger partial charge is 0.0382 e. The van der Waals surface area contributed by atoms with Crippen molar-refractivity contribution in [3.63, 3.8) is 0 Å². The van der Waals surface area contributed by atoms with Crippen LogP contribution in [0.5, 0.6) is 0 Å². The second-order valence-corrected chi connectivity index (χ2v) is 7.84. The van der Waals surface area contributed by atoms with E-state index in [4.69, 9.17) is 0 Å². The predicted molar refractivity (Wildman–Crippen MR) is 98.5 cm³/mol. The lowest BCUT2D eigenvalue weighted by Gasteiger charge is -2.14. The maximum absolute atomic E-state index is 13.3. The minimum atomic E-state index is -2.47.